The monoisotopic (exact) mass is 790 g/mol. The Morgan fingerprint density at radius 2 is 1.48 bits per heavy atom. The van der Waals surface area contributed by atoms with E-state index in [4.69, 9.17) is 19.9 Å². The number of aliphatic carboxylic acids is 1. The third-order valence-electron chi connectivity index (χ3n) is 8.35. The van der Waals surface area contributed by atoms with E-state index in [1.165, 1.54) is 18.2 Å². The molecule has 14 nitrogen and oxygen atoms in total. The fourth-order valence-corrected chi connectivity index (χ4v) is 6.88. The third-order valence-corrected chi connectivity index (χ3v) is 10.2. The molecule has 0 fully saturated rings. The van der Waals surface area contributed by atoms with Crippen LogP contribution in [0.3, 0.4) is 0 Å². The molecule has 1 atom stereocenters. The molecule has 4 rings (SSSR count). The lowest BCUT2D eigenvalue weighted by Crippen LogP contribution is -2.43. The normalized spacial score (nSPS) is 12.4. The minimum Gasteiger partial charge on any atom is -0.479 e. The van der Waals surface area contributed by atoms with E-state index in [0.29, 0.717) is 39.7 Å². The molecule has 0 aliphatic heterocycles. The fraction of sp³-hybridized carbons (Fsp3) is 0.366. The summed E-state index contributed by atoms with van der Waals surface area (Å²) in [4.78, 5) is 52.7. The summed E-state index contributed by atoms with van der Waals surface area (Å²) in [5.41, 5.74) is 7.51. The van der Waals surface area contributed by atoms with Crippen LogP contribution in [0.1, 0.15) is 76.8 Å². The molecular weight excluding hydrogens is 741 g/mol. The SMILES string of the molecule is CCS(=O)(=O)c1ccc(NC(=O)OCCc2ccc(C(Nc3ccc4c(N(C(=O)OC(C)(C)C)C(=O)OC(C)(C)C)cccc4c3)C(=O)O)cc2C)cc1CN. The molecule has 0 heterocycles. The van der Waals surface area contributed by atoms with Gasteiger partial charge >= 0.3 is 24.2 Å². The minimum absolute atomic E-state index is 0.0244. The molecule has 0 aromatic heterocycles. The van der Waals surface area contributed by atoms with Gasteiger partial charge in [0.2, 0.25) is 0 Å². The van der Waals surface area contributed by atoms with Gasteiger partial charge in [0.25, 0.3) is 0 Å². The van der Waals surface area contributed by atoms with Gasteiger partial charge in [0.15, 0.2) is 15.9 Å². The molecule has 0 radical (unpaired) electrons. The van der Waals surface area contributed by atoms with Crippen LogP contribution in [0.2, 0.25) is 0 Å². The predicted octanol–water partition coefficient (Wildman–Crippen LogP) is 8.11. The van der Waals surface area contributed by atoms with Gasteiger partial charge in [-0.25, -0.2) is 27.6 Å². The number of carboxylic acid groups (broad SMARTS) is 1. The number of rotatable bonds is 12. The van der Waals surface area contributed by atoms with Gasteiger partial charge in [-0.05, 0) is 113 Å². The Morgan fingerprint density at radius 3 is 2.05 bits per heavy atom. The number of sulfone groups is 1. The number of aryl methyl sites for hydroxylation is 1. The molecule has 0 aliphatic carbocycles. The minimum atomic E-state index is -3.48. The van der Waals surface area contributed by atoms with Crippen LogP contribution in [-0.4, -0.2) is 61.3 Å². The van der Waals surface area contributed by atoms with Crippen molar-refractivity contribution in [3.05, 3.63) is 95.1 Å². The van der Waals surface area contributed by atoms with Crippen LogP contribution in [0.25, 0.3) is 10.8 Å². The van der Waals surface area contributed by atoms with Crippen molar-refractivity contribution in [3.63, 3.8) is 0 Å². The second kappa shape index (κ2) is 17.4. The van der Waals surface area contributed by atoms with Crippen molar-refractivity contribution in [3.8, 4) is 0 Å². The molecule has 15 heteroatoms. The van der Waals surface area contributed by atoms with Crippen LogP contribution < -0.4 is 21.3 Å². The molecule has 5 N–H and O–H groups in total. The summed E-state index contributed by atoms with van der Waals surface area (Å²) in [6.45, 7) is 13.5. The molecule has 1 unspecified atom stereocenters. The van der Waals surface area contributed by atoms with Crippen molar-refractivity contribution in [2.75, 3.05) is 27.9 Å². The van der Waals surface area contributed by atoms with Crippen molar-refractivity contribution < 1.29 is 46.9 Å². The van der Waals surface area contributed by atoms with Gasteiger partial charge in [-0.15, -0.1) is 0 Å². The Hall–Kier alpha value is -5.67. The molecular formula is C41H50N4O10S. The zero-order chi connectivity index (χ0) is 41.6. The highest BCUT2D eigenvalue weighted by Gasteiger charge is 2.34. The average molecular weight is 791 g/mol. The standard InChI is InChI=1S/C41H50N4O10S/c1-9-56(51,52)34-18-16-31(23-29(34)24-42)44-37(48)53-20-19-26-13-14-28(21-25(26)2)35(36(46)47)43-30-15-17-32-27(22-30)11-10-12-33(32)45(38(49)54-40(3,4)5)39(50)55-41(6,7)8/h10-18,21-23,35,43H,9,19-20,24,42H2,1-8H3,(H,44,48)(H,46,47). The number of carbonyl (C=O) groups excluding carboxylic acids is 3. The lowest BCUT2D eigenvalue weighted by molar-refractivity contribution is -0.138. The first kappa shape index (κ1) is 43.1. The number of amides is 3. The summed E-state index contributed by atoms with van der Waals surface area (Å²) in [6.07, 6.45) is -2.19. The molecule has 0 aliphatic rings. The maximum atomic E-state index is 13.3. The molecule has 0 spiro atoms. The van der Waals surface area contributed by atoms with Gasteiger partial charge < -0.3 is 30.4 Å². The summed E-state index contributed by atoms with van der Waals surface area (Å²) in [5.74, 6) is -1.20. The van der Waals surface area contributed by atoms with Crippen LogP contribution in [0, 0.1) is 6.92 Å². The van der Waals surface area contributed by atoms with Gasteiger partial charge in [-0.3, -0.25) is 5.32 Å². The molecule has 4 aromatic rings. The number of hydrogen-bond acceptors (Lipinski definition) is 11. The van der Waals surface area contributed by atoms with Crippen LogP contribution in [0.5, 0.6) is 0 Å². The molecule has 3 amide bonds. The quantitative estimate of drug-likeness (QED) is 0.101. The summed E-state index contributed by atoms with van der Waals surface area (Å²) in [6, 6.07) is 18.6. The van der Waals surface area contributed by atoms with E-state index in [9.17, 15) is 32.7 Å². The van der Waals surface area contributed by atoms with E-state index in [1.54, 1.807) is 103 Å². The topological polar surface area (TPSA) is 204 Å². The number of imide groups is 1. The predicted molar refractivity (Wildman–Crippen MR) is 215 cm³/mol. The first-order valence-corrected chi connectivity index (χ1v) is 19.6. The largest absolute Gasteiger partial charge is 0.479 e. The summed E-state index contributed by atoms with van der Waals surface area (Å²) in [7, 11) is -3.48. The first-order valence-electron chi connectivity index (χ1n) is 18.0. The molecule has 0 saturated carbocycles. The van der Waals surface area contributed by atoms with E-state index < -0.39 is 51.3 Å². The highest BCUT2D eigenvalue weighted by Crippen LogP contribution is 2.33. The summed E-state index contributed by atoms with van der Waals surface area (Å²) < 4.78 is 41.1. The smallest absolute Gasteiger partial charge is 0.424 e. The van der Waals surface area contributed by atoms with Gasteiger partial charge in [0.1, 0.15) is 11.2 Å². The molecule has 0 bridgehead atoms. The number of fused-ring (bicyclic) bond motifs is 1. The van der Waals surface area contributed by atoms with Crippen LogP contribution in [0.15, 0.2) is 77.7 Å². The summed E-state index contributed by atoms with van der Waals surface area (Å²) in [5, 5.41) is 17.0. The lowest BCUT2D eigenvalue weighted by Gasteiger charge is -2.29. The number of nitrogens with two attached hydrogens (primary N) is 1. The number of nitrogens with one attached hydrogen (secondary N) is 2. The Kier molecular flexibility index (Phi) is 13.4. The van der Waals surface area contributed by atoms with Gasteiger partial charge in [0.05, 0.1) is 22.9 Å². The molecule has 300 valence electrons. The maximum absolute atomic E-state index is 13.3. The second-order valence-electron chi connectivity index (χ2n) is 15.1. The Morgan fingerprint density at radius 1 is 0.839 bits per heavy atom. The number of hydrogen-bond donors (Lipinski definition) is 4. The van der Waals surface area contributed by atoms with E-state index in [0.717, 1.165) is 16.0 Å². The number of benzene rings is 4. The van der Waals surface area contributed by atoms with Crippen molar-refractivity contribution in [2.24, 2.45) is 5.73 Å². The lowest BCUT2D eigenvalue weighted by atomic mass is 9.98. The Labute approximate surface area is 327 Å². The number of nitrogens with zero attached hydrogens (tertiary/aromatic N) is 1. The zero-order valence-electron chi connectivity index (χ0n) is 32.9. The van der Waals surface area contributed by atoms with Gasteiger partial charge in [-0.1, -0.05) is 43.3 Å². The van der Waals surface area contributed by atoms with E-state index >= 15 is 0 Å². The molecule has 56 heavy (non-hydrogen) atoms. The van der Waals surface area contributed by atoms with E-state index in [-0.39, 0.29) is 29.5 Å². The molecule has 4 aromatic carbocycles. The van der Waals surface area contributed by atoms with Crippen molar-refractivity contribution in [1.29, 1.82) is 0 Å². The van der Waals surface area contributed by atoms with Gasteiger partial charge in [0, 0.05) is 29.7 Å². The third kappa shape index (κ3) is 11.2. The average Bonchev–Trinajstić information content (AvgIpc) is 3.09. The molecule has 0 saturated heterocycles. The van der Waals surface area contributed by atoms with Crippen molar-refractivity contribution in [1.82, 2.24) is 0 Å². The van der Waals surface area contributed by atoms with Crippen molar-refractivity contribution >= 4 is 61.9 Å². The second-order valence-corrected chi connectivity index (χ2v) is 17.3. The van der Waals surface area contributed by atoms with Gasteiger partial charge in [-0.2, -0.15) is 4.90 Å². The van der Waals surface area contributed by atoms with E-state index in [1.807, 2.05) is 6.92 Å². The number of ether oxygens (including phenoxy) is 3. The highest BCUT2D eigenvalue weighted by atomic mass is 32.2. The van der Waals surface area contributed by atoms with Crippen LogP contribution in [-0.2, 0) is 41.8 Å². The maximum Gasteiger partial charge on any atom is 0.424 e. The number of anilines is 3. The summed E-state index contributed by atoms with van der Waals surface area (Å²) >= 11 is 0. The van der Waals surface area contributed by atoms with Crippen LogP contribution in [0.4, 0.5) is 31.4 Å². The van der Waals surface area contributed by atoms with E-state index in [2.05, 4.69) is 10.6 Å². The highest BCUT2D eigenvalue weighted by molar-refractivity contribution is 7.91. The number of carbonyl (C=O) groups is 4. The van der Waals surface area contributed by atoms with Crippen molar-refractivity contribution in [2.45, 2.75) is 90.5 Å². The Bertz CT molecular complexity index is 2200. The first-order chi connectivity index (χ1) is 26.1. The number of carboxylic acids is 1. The van der Waals surface area contributed by atoms with Crippen LogP contribution >= 0.6 is 0 Å². The Balaban J connectivity index is 1.48. The fourth-order valence-electron chi connectivity index (χ4n) is 5.75. The zero-order valence-corrected chi connectivity index (χ0v) is 33.7.